The lowest BCUT2D eigenvalue weighted by molar-refractivity contribution is -0.145. The standard InChI is InChI=1S/C20H25F3N4O2/c1-13(2)27-18(20(21,22)23)15(11-24-27)19(28)25-14-7-6-10-26(12-14)16-8-4-5-9-17(16)29-3/h4-5,8-9,11,13-14H,6-7,10,12H2,1-3H3,(H,25,28). The highest BCUT2D eigenvalue weighted by Crippen LogP contribution is 2.34. The van der Waals surface area contributed by atoms with Crippen LogP contribution in [0.2, 0.25) is 0 Å². The first-order chi connectivity index (χ1) is 13.7. The van der Waals surface area contributed by atoms with E-state index < -0.39 is 29.4 Å². The van der Waals surface area contributed by atoms with Gasteiger partial charge in [0.1, 0.15) is 5.75 Å². The lowest BCUT2D eigenvalue weighted by Crippen LogP contribution is -2.48. The smallest absolute Gasteiger partial charge is 0.433 e. The van der Waals surface area contributed by atoms with Crippen LogP contribution < -0.4 is 15.0 Å². The summed E-state index contributed by atoms with van der Waals surface area (Å²) < 4.78 is 46.9. The number of nitrogens with one attached hydrogen (secondary N) is 1. The van der Waals surface area contributed by atoms with Gasteiger partial charge in [-0.3, -0.25) is 9.48 Å². The van der Waals surface area contributed by atoms with Crippen LogP contribution in [0.5, 0.6) is 5.75 Å². The lowest BCUT2D eigenvalue weighted by Gasteiger charge is -2.35. The molecule has 1 amide bonds. The maximum atomic E-state index is 13.5. The number of nitrogens with zero attached hydrogens (tertiary/aromatic N) is 3. The van der Waals surface area contributed by atoms with Gasteiger partial charge >= 0.3 is 6.18 Å². The molecular weight excluding hydrogens is 385 g/mol. The van der Waals surface area contributed by atoms with Crippen molar-refractivity contribution in [2.24, 2.45) is 0 Å². The van der Waals surface area contributed by atoms with Crippen molar-refractivity contribution in [1.29, 1.82) is 0 Å². The summed E-state index contributed by atoms with van der Waals surface area (Å²) in [6.07, 6.45) is -2.17. The van der Waals surface area contributed by atoms with Crippen LogP contribution in [0.1, 0.15) is 48.8 Å². The highest BCUT2D eigenvalue weighted by Gasteiger charge is 2.41. The minimum atomic E-state index is -4.66. The van der Waals surface area contributed by atoms with Crippen LogP contribution >= 0.6 is 0 Å². The number of carbonyl (C=O) groups is 1. The van der Waals surface area contributed by atoms with Crippen LogP contribution in [0.15, 0.2) is 30.5 Å². The van der Waals surface area contributed by atoms with Crippen molar-refractivity contribution in [3.05, 3.63) is 41.7 Å². The number of piperidine rings is 1. The number of benzene rings is 1. The number of hydrogen-bond donors (Lipinski definition) is 1. The van der Waals surface area contributed by atoms with E-state index in [0.29, 0.717) is 13.0 Å². The van der Waals surface area contributed by atoms with Crippen molar-refractivity contribution in [2.75, 3.05) is 25.1 Å². The number of halogens is 3. The third kappa shape index (κ3) is 4.49. The highest BCUT2D eigenvalue weighted by molar-refractivity contribution is 5.95. The van der Waals surface area contributed by atoms with Crippen molar-refractivity contribution in [3.63, 3.8) is 0 Å². The van der Waals surface area contributed by atoms with Crippen LogP contribution in [0.25, 0.3) is 0 Å². The molecule has 1 saturated heterocycles. The molecule has 1 atom stereocenters. The van der Waals surface area contributed by atoms with Crippen LogP contribution in [0.4, 0.5) is 18.9 Å². The third-order valence-corrected chi connectivity index (χ3v) is 4.98. The number of anilines is 1. The molecule has 158 valence electrons. The summed E-state index contributed by atoms with van der Waals surface area (Å²) >= 11 is 0. The molecule has 1 aromatic heterocycles. The topological polar surface area (TPSA) is 59.4 Å². The molecule has 1 N–H and O–H groups in total. The molecule has 1 fully saturated rings. The van der Waals surface area contributed by atoms with Gasteiger partial charge in [-0.25, -0.2) is 0 Å². The second kappa shape index (κ2) is 8.34. The zero-order valence-corrected chi connectivity index (χ0v) is 16.7. The Hall–Kier alpha value is -2.71. The zero-order chi connectivity index (χ0) is 21.2. The van der Waals surface area contributed by atoms with Crippen LogP contribution in [-0.2, 0) is 6.18 Å². The Morgan fingerprint density at radius 3 is 2.69 bits per heavy atom. The van der Waals surface area contributed by atoms with Crippen molar-refractivity contribution in [3.8, 4) is 5.75 Å². The number of rotatable bonds is 5. The number of hydrogen-bond acceptors (Lipinski definition) is 4. The fraction of sp³-hybridized carbons (Fsp3) is 0.500. The number of amides is 1. The van der Waals surface area contributed by atoms with E-state index in [1.54, 1.807) is 21.0 Å². The molecule has 2 heterocycles. The molecule has 2 aromatic rings. The molecule has 0 spiro atoms. The molecule has 1 aliphatic heterocycles. The van der Waals surface area contributed by atoms with Crippen LogP contribution in [0.3, 0.4) is 0 Å². The summed E-state index contributed by atoms with van der Waals surface area (Å²) in [6, 6.07) is 6.77. The van der Waals surface area contributed by atoms with Crippen molar-refractivity contribution < 1.29 is 22.7 Å². The van der Waals surface area contributed by atoms with Gasteiger partial charge in [0.05, 0.1) is 24.6 Å². The zero-order valence-electron chi connectivity index (χ0n) is 16.7. The van der Waals surface area contributed by atoms with Gasteiger partial charge < -0.3 is 15.0 Å². The summed E-state index contributed by atoms with van der Waals surface area (Å²) in [7, 11) is 1.59. The maximum Gasteiger partial charge on any atom is 0.433 e. The Balaban J connectivity index is 1.78. The average molecular weight is 410 g/mol. The minimum Gasteiger partial charge on any atom is -0.495 e. The molecule has 1 aliphatic rings. The van der Waals surface area contributed by atoms with Gasteiger partial charge in [0, 0.05) is 25.2 Å². The first-order valence-corrected chi connectivity index (χ1v) is 9.56. The molecule has 3 rings (SSSR count). The van der Waals surface area contributed by atoms with Crippen molar-refractivity contribution >= 4 is 11.6 Å². The van der Waals surface area contributed by atoms with Gasteiger partial charge in [-0.2, -0.15) is 18.3 Å². The Bertz CT molecular complexity index is 864. The SMILES string of the molecule is COc1ccccc1N1CCCC(NC(=O)c2cnn(C(C)C)c2C(F)(F)F)C1. The van der Waals surface area contributed by atoms with E-state index in [0.717, 1.165) is 35.3 Å². The van der Waals surface area contributed by atoms with E-state index >= 15 is 0 Å². The predicted octanol–water partition coefficient (Wildman–Crippen LogP) is 3.89. The van der Waals surface area contributed by atoms with E-state index in [2.05, 4.69) is 15.3 Å². The molecule has 29 heavy (non-hydrogen) atoms. The number of para-hydroxylation sites is 2. The predicted molar refractivity (Wildman–Crippen MR) is 103 cm³/mol. The van der Waals surface area contributed by atoms with Gasteiger partial charge in [-0.05, 0) is 38.8 Å². The largest absolute Gasteiger partial charge is 0.495 e. The number of aromatic nitrogens is 2. The monoisotopic (exact) mass is 410 g/mol. The number of carbonyl (C=O) groups excluding carboxylic acids is 1. The first-order valence-electron chi connectivity index (χ1n) is 9.56. The summed E-state index contributed by atoms with van der Waals surface area (Å²) in [5, 5.41) is 6.55. The Morgan fingerprint density at radius 1 is 1.31 bits per heavy atom. The van der Waals surface area contributed by atoms with Crippen molar-refractivity contribution in [2.45, 2.75) is 44.9 Å². The Kier molecular flexibility index (Phi) is 6.04. The van der Waals surface area contributed by atoms with E-state index in [9.17, 15) is 18.0 Å². The highest BCUT2D eigenvalue weighted by atomic mass is 19.4. The normalized spacial score (nSPS) is 17.5. The second-order valence-corrected chi connectivity index (χ2v) is 7.37. The van der Waals surface area contributed by atoms with E-state index in [1.165, 1.54) is 0 Å². The van der Waals surface area contributed by atoms with Crippen molar-refractivity contribution in [1.82, 2.24) is 15.1 Å². The average Bonchev–Trinajstić information content (AvgIpc) is 3.14. The van der Waals surface area contributed by atoms with E-state index in [4.69, 9.17) is 4.74 Å². The van der Waals surface area contributed by atoms with Gasteiger partial charge in [-0.15, -0.1) is 0 Å². The van der Waals surface area contributed by atoms with Crippen LogP contribution in [0, 0.1) is 0 Å². The fourth-order valence-corrected chi connectivity index (χ4v) is 3.67. The van der Waals surface area contributed by atoms with Gasteiger partial charge in [-0.1, -0.05) is 12.1 Å². The van der Waals surface area contributed by atoms with E-state index in [1.807, 2.05) is 24.3 Å². The van der Waals surface area contributed by atoms with Gasteiger partial charge in [0.25, 0.3) is 5.91 Å². The Labute approximate surface area is 167 Å². The first kappa shape index (κ1) is 21.0. The number of ether oxygens (including phenoxy) is 1. The third-order valence-electron chi connectivity index (χ3n) is 4.98. The minimum absolute atomic E-state index is 0.273. The molecule has 1 aromatic carbocycles. The molecular formula is C20H25F3N4O2. The molecule has 0 saturated carbocycles. The summed E-state index contributed by atoms with van der Waals surface area (Å²) in [5.41, 5.74) is -0.555. The second-order valence-electron chi connectivity index (χ2n) is 7.37. The molecule has 6 nitrogen and oxygen atoms in total. The maximum absolute atomic E-state index is 13.5. The molecule has 0 radical (unpaired) electrons. The van der Waals surface area contributed by atoms with Crippen LogP contribution in [-0.4, -0.2) is 41.9 Å². The quantitative estimate of drug-likeness (QED) is 0.813. The molecule has 0 bridgehead atoms. The Morgan fingerprint density at radius 2 is 2.03 bits per heavy atom. The molecule has 9 heteroatoms. The van der Waals surface area contributed by atoms with E-state index in [-0.39, 0.29) is 6.04 Å². The van der Waals surface area contributed by atoms with Gasteiger partial charge in [0.2, 0.25) is 0 Å². The summed E-state index contributed by atoms with van der Waals surface area (Å²) in [5.74, 6) is -0.0341. The number of methoxy groups -OCH3 is 1. The molecule has 1 unspecified atom stereocenters. The summed E-state index contributed by atoms with van der Waals surface area (Å²) in [6.45, 7) is 4.46. The number of alkyl halides is 3. The lowest BCUT2D eigenvalue weighted by atomic mass is 10.0. The molecule has 0 aliphatic carbocycles. The summed E-state index contributed by atoms with van der Waals surface area (Å²) in [4.78, 5) is 14.8. The van der Waals surface area contributed by atoms with Gasteiger partial charge in [0.15, 0.2) is 5.69 Å². The fourth-order valence-electron chi connectivity index (χ4n) is 3.67.